The predicted molar refractivity (Wildman–Crippen MR) is 44.6 cm³/mol. The van der Waals surface area contributed by atoms with Gasteiger partial charge in [-0.3, -0.25) is 0 Å². The summed E-state index contributed by atoms with van der Waals surface area (Å²) in [7, 11) is 0. The van der Waals surface area contributed by atoms with Gasteiger partial charge in [-0.15, -0.1) is 0 Å². The Bertz CT molecular complexity index is 285. The molecule has 0 aromatic heterocycles. The highest BCUT2D eigenvalue weighted by atomic mass is 16.6. The van der Waals surface area contributed by atoms with Gasteiger partial charge in [0.1, 0.15) is 11.9 Å². The van der Waals surface area contributed by atoms with Gasteiger partial charge in [-0.1, -0.05) is 0 Å². The summed E-state index contributed by atoms with van der Waals surface area (Å²) in [6.07, 6.45) is 7.08. The van der Waals surface area contributed by atoms with E-state index in [4.69, 9.17) is 9.47 Å². The molecule has 3 heteroatoms. The van der Waals surface area contributed by atoms with Crippen molar-refractivity contribution in [3.05, 3.63) is 12.0 Å². The fourth-order valence-corrected chi connectivity index (χ4v) is 2.65. The molecule has 3 rings (SSSR count). The number of hydrogen-bond donors (Lipinski definition) is 0. The van der Waals surface area contributed by atoms with Crippen LogP contribution >= 0.6 is 0 Å². The first-order valence-electron chi connectivity index (χ1n) is 4.88. The van der Waals surface area contributed by atoms with Crippen molar-refractivity contribution in [3.63, 3.8) is 0 Å². The zero-order valence-electron chi connectivity index (χ0n) is 7.41. The molecule has 2 aliphatic carbocycles. The maximum Gasteiger partial charge on any atom is 0.378 e. The fraction of sp³-hybridized carbons (Fsp3) is 0.700. The molecule has 0 aromatic carbocycles. The number of esters is 1. The molecular formula is C10H12O3. The molecule has 1 heterocycles. The van der Waals surface area contributed by atoms with Crippen molar-refractivity contribution >= 4 is 5.97 Å². The maximum atomic E-state index is 11.3. The second kappa shape index (κ2) is 2.28. The zero-order valence-corrected chi connectivity index (χ0v) is 7.41. The number of hydrogen-bond acceptors (Lipinski definition) is 3. The maximum absolute atomic E-state index is 11.3. The first-order valence-corrected chi connectivity index (χ1v) is 4.88. The second-order valence-electron chi connectivity index (χ2n) is 4.32. The van der Waals surface area contributed by atoms with Gasteiger partial charge in [-0.05, 0) is 38.0 Å². The third-order valence-electron chi connectivity index (χ3n) is 3.42. The van der Waals surface area contributed by atoms with Gasteiger partial charge in [0, 0.05) is 0 Å². The molecule has 1 aliphatic heterocycles. The van der Waals surface area contributed by atoms with Crippen molar-refractivity contribution < 1.29 is 14.3 Å². The molecule has 3 nitrogen and oxygen atoms in total. The summed E-state index contributed by atoms with van der Waals surface area (Å²) in [4.78, 5) is 11.3. The smallest absolute Gasteiger partial charge is 0.378 e. The molecule has 0 saturated heterocycles. The van der Waals surface area contributed by atoms with Crippen molar-refractivity contribution in [2.24, 2.45) is 5.92 Å². The average molecular weight is 180 g/mol. The van der Waals surface area contributed by atoms with Crippen LogP contribution in [0.5, 0.6) is 0 Å². The van der Waals surface area contributed by atoms with Crippen LogP contribution in [0.15, 0.2) is 12.0 Å². The minimum absolute atomic E-state index is 0.117. The molecule has 2 fully saturated rings. The van der Waals surface area contributed by atoms with E-state index in [0.29, 0.717) is 5.76 Å². The molecule has 0 N–H and O–H groups in total. The number of carbonyl (C=O) groups is 1. The van der Waals surface area contributed by atoms with E-state index in [0.717, 1.165) is 25.2 Å². The molecule has 0 unspecified atom stereocenters. The van der Waals surface area contributed by atoms with Gasteiger partial charge in [0.25, 0.3) is 0 Å². The lowest BCUT2D eigenvalue weighted by Gasteiger charge is -2.25. The summed E-state index contributed by atoms with van der Waals surface area (Å²) in [5.74, 6) is 0.939. The molecule has 0 aromatic rings. The number of fused-ring (bicyclic) bond motifs is 2. The standard InChI is InChI=1S/C10H12O3/c11-9(8-6-12-8)13-10-3-1-7(5-10)2-4-10/h6-7H,1-5H2. The van der Waals surface area contributed by atoms with E-state index in [2.05, 4.69) is 0 Å². The molecule has 2 saturated carbocycles. The van der Waals surface area contributed by atoms with Gasteiger partial charge >= 0.3 is 5.97 Å². The first-order chi connectivity index (χ1) is 6.27. The van der Waals surface area contributed by atoms with Crippen molar-refractivity contribution in [2.45, 2.75) is 37.7 Å². The highest BCUT2D eigenvalue weighted by Gasteiger charge is 2.48. The quantitative estimate of drug-likeness (QED) is 0.607. The lowest BCUT2D eigenvalue weighted by Crippen LogP contribution is -2.29. The van der Waals surface area contributed by atoms with Crippen LogP contribution in [0.4, 0.5) is 0 Å². The summed E-state index contributed by atoms with van der Waals surface area (Å²) in [5, 5.41) is 0. The van der Waals surface area contributed by atoms with Gasteiger partial charge in [-0.2, -0.15) is 0 Å². The fourth-order valence-electron chi connectivity index (χ4n) is 2.65. The Hall–Kier alpha value is -0.990. The van der Waals surface area contributed by atoms with E-state index < -0.39 is 0 Å². The van der Waals surface area contributed by atoms with Gasteiger partial charge in [0.2, 0.25) is 5.76 Å². The first kappa shape index (κ1) is 7.42. The molecule has 13 heavy (non-hydrogen) atoms. The summed E-state index contributed by atoms with van der Waals surface area (Å²) < 4.78 is 10.2. The van der Waals surface area contributed by atoms with Gasteiger partial charge < -0.3 is 9.47 Å². The zero-order chi connectivity index (χ0) is 8.89. The Kier molecular flexibility index (Phi) is 1.30. The second-order valence-corrected chi connectivity index (χ2v) is 4.32. The topological polar surface area (TPSA) is 38.8 Å². The van der Waals surface area contributed by atoms with Gasteiger partial charge in [0.15, 0.2) is 0 Å². The van der Waals surface area contributed by atoms with Crippen LogP contribution in [0.2, 0.25) is 0 Å². The Labute approximate surface area is 76.7 Å². The van der Waals surface area contributed by atoms with E-state index in [1.165, 1.54) is 19.1 Å². The minimum atomic E-state index is -0.262. The Morgan fingerprint density at radius 2 is 2.23 bits per heavy atom. The molecular weight excluding hydrogens is 168 g/mol. The van der Waals surface area contributed by atoms with Crippen LogP contribution in [0.3, 0.4) is 0 Å². The highest BCUT2D eigenvalue weighted by Crippen LogP contribution is 2.50. The monoisotopic (exact) mass is 180 g/mol. The number of ether oxygens (including phenoxy) is 2. The van der Waals surface area contributed by atoms with E-state index in [9.17, 15) is 4.79 Å². The van der Waals surface area contributed by atoms with E-state index in [1.807, 2.05) is 0 Å². The van der Waals surface area contributed by atoms with Crippen molar-refractivity contribution in [1.29, 1.82) is 0 Å². The van der Waals surface area contributed by atoms with Crippen LogP contribution in [0.1, 0.15) is 32.1 Å². The largest absolute Gasteiger partial charge is 0.453 e. The third kappa shape index (κ3) is 1.14. The number of carbonyl (C=O) groups excluding carboxylic acids is 1. The summed E-state index contributed by atoms with van der Waals surface area (Å²) in [6, 6.07) is 0. The van der Waals surface area contributed by atoms with E-state index >= 15 is 0 Å². The minimum Gasteiger partial charge on any atom is -0.453 e. The van der Waals surface area contributed by atoms with Crippen LogP contribution in [-0.4, -0.2) is 11.6 Å². The van der Waals surface area contributed by atoms with Crippen LogP contribution in [-0.2, 0) is 14.3 Å². The summed E-state index contributed by atoms with van der Waals surface area (Å²) in [5.41, 5.74) is -0.117. The molecule has 3 aliphatic rings. The summed E-state index contributed by atoms with van der Waals surface area (Å²) in [6.45, 7) is 0. The normalized spacial score (nSPS) is 39.7. The molecule has 70 valence electrons. The molecule has 2 bridgehead atoms. The van der Waals surface area contributed by atoms with Gasteiger partial charge in [0.05, 0.1) is 0 Å². The Balaban J connectivity index is 1.70. The predicted octanol–water partition coefficient (Wildman–Crippen LogP) is 1.73. The lowest BCUT2D eigenvalue weighted by atomic mass is 9.97. The number of rotatable bonds is 2. The Morgan fingerprint density at radius 1 is 1.54 bits per heavy atom. The van der Waals surface area contributed by atoms with E-state index in [1.54, 1.807) is 0 Å². The highest BCUT2D eigenvalue weighted by molar-refractivity contribution is 5.89. The van der Waals surface area contributed by atoms with Gasteiger partial charge in [-0.25, -0.2) is 4.79 Å². The Morgan fingerprint density at radius 3 is 2.69 bits per heavy atom. The van der Waals surface area contributed by atoms with Crippen LogP contribution in [0, 0.1) is 5.92 Å². The third-order valence-corrected chi connectivity index (χ3v) is 3.42. The summed E-state index contributed by atoms with van der Waals surface area (Å²) >= 11 is 0. The van der Waals surface area contributed by atoms with Crippen LogP contribution < -0.4 is 0 Å². The molecule has 0 atom stereocenters. The average Bonchev–Trinajstić information content (AvgIpc) is 2.81. The van der Waals surface area contributed by atoms with Crippen LogP contribution in [0.25, 0.3) is 0 Å². The van der Waals surface area contributed by atoms with E-state index in [-0.39, 0.29) is 11.6 Å². The van der Waals surface area contributed by atoms with Crippen molar-refractivity contribution in [1.82, 2.24) is 0 Å². The SMILES string of the molecule is O=C(OC12CCC(CC1)C2)C1=CO1. The van der Waals surface area contributed by atoms with Crippen molar-refractivity contribution in [3.8, 4) is 0 Å². The molecule has 0 amide bonds. The van der Waals surface area contributed by atoms with Crippen molar-refractivity contribution in [2.75, 3.05) is 0 Å². The lowest BCUT2D eigenvalue weighted by molar-refractivity contribution is -0.155. The molecule has 0 radical (unpaired) electrons. The molecule has 0 spiro atoms.